The number of nitrogens with zero attached hydrogens (tertiary/aromatic N) is 1. The van der Waals surface area contributed by atoms with E-state index in [1.54, 1.807) is 4.90 Å². The van der Waals surface area contributed by atoms with Crippen LogP contribution in [0.25, 0.3) is 0 Å². The van der Waals surface area contributed by atoms with Crippen LogP contribution in [0.5, 0.6) is 0 Å². The van der Waals surface area contributed by atoms with E-state index in [1.165, 1.54) is 0 Å². The fraction of sp³-hybridized carbons (Fsp3) is 0.769. The highest BCUT2D eigenvalue weighted by Gasteiger charge is 2.50. The van der Waals surface area contributed by atoms with Gasteiger partial charge in [-0.25, -0.2) is 4.79 Å². The normalized spacial score (nSPS) is 37.1. The summed E-state index contributed by atoms with van der Waals surface area (Å²) in [5, 5.41) is 4.94. The van der Waals surface area contributed by atoms with E-state index in [0.29, 0.717) is 26.0 Å². The lowest BCUT2D eigenvalue weighted by Gasteiger charge is -2.39. The number of amides is 4. The molecule has 0 aromatic rings. The van der Waals surface area contributed by atoms with Crippen molar-refractivity contribution < 1.29 is 19.1 Å². The summed E-state index contributed by atoms with van der Waals surface area (Å²) in [6, 6.07) is -0.470. The fourth-order valence-corrected chi connectivity index (χ4v) is 3.35. The molecule has 3 atom stereocenters. The standard InChI is InChI=1S/C13H19N3O4/c1-8-9(3-6-20-8)10(17)16-5-2-4-13(7-16)11(18)14-12(19)15-13/h8-9H,2-7H2,1H3,(H2,14,15,18,19). The van der Waals surface area contributed by atoms with Gasteiger partial charge < -0.3 is 15.0 Å². The number of hydrogen-bond acceptors (Lipinski definition) is 4. The van der Waals surface area contributed by atoms with Crippen LogP contribution in [0.3, 0.4) is 0 Å². The number of rotatable bonds is 1. The maximum atomic E-state index is 12.5. The molecule has 4 amide bonds. The lowest BCUT2D eigenvalue weighted by molar-refractivity contribution is -0.141. The van der Waals surface area contributed by atoms with E-state index in [0.717, 1.165) is 6.42 Å². The summed E-state index contributed by atoms with van der Waals surface area (Å²) in [7, 11) is 0. The summed E-state index contributed by atoms with van der Waals surface area (Å²) in [5.41, 5.74) is -0.937. The van der Waals surface area contributed by atoms with Gasteiger partial charge in [-0.3, -0.25) is 14.9 Å². The van der Waals surface area contributed by atoms with Crippen LogP contribution in [0, 0.1) is 5.92 Å². The molecule has 110 valence electrons. The van der Waals surface area contributed by atoms with Crippen LogP contribution in [0.4, 0.5) is 4.79 Å². The van der Waals surface area contributed by atoms with E-state index in [9.17, 15) is 14.4 Å². The minimum absolute atomic E-state index is 0.0306. The van der Waals surface area contributed by atoms with Gasteiger partial charge in [0.1, 0.15) is 5.54 Å². The molecule has 7 heteroatoms. The van der Waals surface area contributed by atoms with Crippen molar-refractivity contribution in [1.29, 1.82) is 0 Å². The van der Waals surface area contributed by atoms with Gasteiger partial charge in [-0.15, -0.1) is 0 Å². The van der Waals surface area contributed by atoms with E-state index in [1.807, 2.05) is 6.92 Å². The molecule has 2 N–H and O–H groups in total. The summed E-state index contributed by atoms with van der Waals surface area (Å²) >= 11 is 0. The maximum absolute atomic E-state index is 12.5. The molecular weight excluding hydrogens is 262 g/mol. The zero-order valence-electron chi connectivity index (χ0n) is 11.5. The lowest BCUT2D eigenvalue weighted by atomic mass is 9.88. The first kappa shape index (κ1) is 13.4. The average Bonchev–Trinajstić information content (AvgIpc) is 2.94. The van der Waals surface area contributed by atoms with Crippen LogP contribution in [-0.4, -0.2) is 54.1 Å². The molecule has 0 aliphatic carbocycles. The van der Waals surface area contributed by atoms with Gasteiger partial charge in [-0.2, -0.15) is 0 Å². The Morgan fingerprint density at radius 2 is 2.25 bits per heavy atom. The van der Waals surface area contributed by atoms with E-state index < -0.39 is 11.6 Å². The third-order valence-corrected chi connectivity index (χ3v) is 4.51. The second-order valence-electron chi connectivity index (χ2n) is 5.82. The Hall–Kier alpha value is -1.63. The monoisotopic (exact) mass is 281 g/mol. The molecule has 3 heterocycles. The first-order valence-corrected chi connectivity index (χ1v) is 7.06. The molecule has 3 rings (SSSR count). The van der Waals surface area contributed by atoms with Gasteiger partial charge in [0.05, 0.1) is 18.6 Å². The third-order valence-electron chi connectivity index (χ3n) is 4.51. The maximum Gasteiger partial charge on any atom is 0.322 e. The molecule has 1 spiro atoms. The Bertz CT molecular complexity index is 467. The topological polar surface area (TPSA) is 87.7 Å². The number of hydrogen-bond donors (Lipinski definition) is 2. The lowest BCUT2D eigenvalue weighted by Crippen LogP contribution is -2.60. The Labute approximate surface area is 117 Å². The van der Waals surface area contributed by atoms with Crippen LogP contribution in [0.15, 0.2) is 0 Å². The van der Waals surface area contributed by atoms with Gasteiger partial charge in [0.25, 0.3) is 5.91 Å². The molecular formula is C13H19N3O4. The second kappa shape index (κ2) is 4.73. The van der Waals surface area contributed by atoms with Gasteiger partial charge in [0, 0.05) is 13.2 Å². The van der Waals surface area contributed by atoms with Crippen molar-refractivity contribution in [2.24, 2.45) is 5.92 Å². The Morgan fingerprint density at radius 1 is 1.45 bits per heavy atom. The Kier molecular flexibility index (Phi) is 3.16. The van der Waals surface area contributed by atoms with Crippen LogP contribution in [0.1, 0.15) is 26.2 Å². The minimum atomic E-state index is -0.937. The third kappa shape index (κ3) is 2.06. The zero-order valence-corrected chi connectivity index (χ0v) is 11.5. The van der Waals surface area contributed by atoms with Crippen molar-refractivity contribution in [2.75, 3.05) is 19.7 Å². The van der Waals surface area contributed by atoms with E-state index in [2.05, 4.69) is 10.6 Å². The van der Waals surface area contributed by atoms with Crippen molar-refractivity contribution in [3.63, 3.8) is 0 Å². The number of urea groups is 1. The van der Waals surface area contributed by atoms with Crippen LogP contribution < -0.4 is 10.6 Å². The van der Waals surface area contributed by atoms with Crippen molar-refractivity contribution in [2.45, 2.75) is 37.8 Å². The molecule has 0 radical (unpaired) electrons. The predicted octanol–water partition coefficient (Wildman–Crippen LogP) is -0.388. The van der Waals surface area contributed by atoms with Gasteiger partial charge in [-0.05, 0) is 26.2 Å². The number of carbonyl (C=O) groups excluding carboxylic acids is 3. The molecule has 3 aliphatic rings. The van der Waals surface area contributed by atoms with Crippen molar-refractivity contribution in [1.82, 2.24) is 15.5 Å². The van der Waals surface area contributed by atoms with Gasteiger partial charge in [0.2, 0.25) is 5.91 Å². The molecule has 0 saturated carbocycles. The molecule has 7 nitrogen and oxygen atoms in total. The highest BCUT2D eigenvalue weighted by molar-refractivity contribution is 6.07. The molecule has 3 saturated heterocycles. The highest BCUT2D eigenvalue weighted by atomic mass is 16.5. The number of piperidine rings is 1. The first-order valence-electron chi connectivity index (χ1n) is 7.06. The molecule has 3 unspecified atom stereocenters. The number of ether oxygens (including phenoxy) is 1. The van der Waals surface area contributed by atoms with Crippen LogP contribution in [-0.2, 0) is 14.3 Å². The summed E-state index contributed by atoms with van der Waals surface area (Å²) < 4.78 is 5.44. The van der Waals surface area contributed by atoms with Crippen LogP contribution in [0.2, 0.25) is 0 Å². The average molecular weight is 281 g/mol. The van der Waals surface area contributed by atoms with Crippen LogP contribution >= 0.6 is 0 Å². The van der Waals surface area contributed by atoms with E-state index in [-0.39, 0.29) is 30.4 Å². The van der Waals surface area contributed by atoms with E-state index >= 15 is 0 Å². The number of likely N-dealkylation sites (tertiary alicyclic amines) is 1. The molecule has 3 aliphatic heterocycles. The Balaban J connectivity index is 1.74. The highest BCUT2D eigenvalue weighted by Crippen LogP contribution is 2.28. The van der Waals surface area contributed by atoms with Crippen molar-refractivity contribution in [3.05, 3.63) is 0 Å². The molecule has 3 fully saturated rings. The summed E-state index contributed by atoms with van der Waals surface area (Å²) in [4.78, 5) is 37.5. The molecule has 0 aromatic heterocycles. The number of carbonyl (C=O) groups is 3. The summed E-state index contributed by atoms with van der Waals surface area (Å²) in [6.07, 6.45) is 1.93. The molecule has 0 aromatic carbocycles. The minimum Gasteiger partial charge on any atom is -0.378 e. The number of nitrogens with one attached hydrogen (secondary N) is 2. The smallest absolute Gasteiger partial charge is 0.322 e. The van der Waals surface area contributed by atoms with Gasteiger partial charge in [-0.1, -0.05) is 0 Å². The first-order chi connectivity index (χ1) is 9.52. The van der Waals surface area contributed by atoms with Gasteiger partial charge >= 0.3 is 6.03 Å². The van der Waals surface area contributed by atoms with Crippen molar-refractivity contribution in [3.8, 4) is 0 Å². The second-order valence-corrected chi connectivity index (χ2v) is 5.82. The summed E-state index contributed by atoms with van der Waals surface area (Å²) in [5.74, 6) is -0.427. The Morgan fingerprint density at radius 3 is 2.85 bits per heavy atom. The number of imide groups is 1. The molecule has 0 bridgehead atoms. The largest absolute Gasteiger partial charge is 0.378 e. The predicted molar refractivity (Wildman–Crippen MR) is 68.7 cm³/mol. The fourth-order valence-electron chi connectivity index (χ4n) is 3.35. The quantitative estimate of drug-likeness (QED) is 0.641. The SMILES string of the molecule is CC1OCCC1C(=O)N1CCCC2(C1)NC(=O)NC2=O. The van der Waals surface area contributed by atoms with E-state index in [4.69, 9.17) is 4.74 Å². The zero-order chi connectivity index (χ0) is 14.3. The van der Waals surface area contributed by atoms with Crippen molar-refractivity contribution >= 4 is 17.8 Å². The van der Waals surface area contributed by atoms with Gasteiger partial charge in [0.15, 0.2) is 0 Å². The summed E-state index contributed by atoms with van der Waals surface area (Å²) in [6.45, 7) is 3.40. The molecule has 20 heavy (non-hydrogen) atoms.